The summed E-state index contributed by atoms with van der Waals surface area (Å²) in [6.07, 6.45) is -3.63. The van der Waals surface area contributed by atoms with Gasteiger partial charge in [-0.25, -0.2) is 14.8 Å². The Morgan fingerprint density at radius 2 is 1.88 bits per heavy atom. The van der Waals surface area contributed by atoms with Crippen LogP contribution < -0.4 is 10.6 Å². The van der Waals surface area contributed by atoms with E-state index in [9.17, 15) is 22.8 Å². The highest BCUT2D eigenvalue weighted by Crippen LogP contribution is 2.28. The number of nitrogens with one attached hydrogen (secondary N) is 2. The molecule has 3 amide bonds. The summed E-state index contributed by atoms with van der Waals surface area (Å²) in [5.41, 5.74) is 1.46. The van der Waals surface area contributed by atoms with Gasteiger partial charge in [-0.05, 0) is 43.2 Å². The molecule has 0 fully saturated rings. The zero-order valence-electron chi connectivity index (χ0n) is 13.8. The van der Waals surface area contributed by atoms with Crippen molar-refractivity contribution < 1.29 is 22.8 Å². The first-order valence-electron chi connectivity index (χ1n) is 7.36. The van der Waals surface area contributed by atoms with Crippen LogP contribution in [0.2, 0.25) is 0 Å². The Kier molecular flexibility index (Phi) is 6.19. The molecule has 0 atom stereocenters. The molecular weight excluding hydrogens is 369 g/mol. The molecule has 0 radical (unpaired) electrons. The number of carbonyl (C=O) groups is 2. The molecule has 0 aliphatic rings. The van der Waals surface area contributed by atoms with E-state index in [0.29, 0.717) is 17.4 Å². The van der Waals surface area contributed by atoms with E-state index in [1.165, 1.54) is 0 Å². The second-order valence-electron chi connectivity index (χ2n) is 5.31. The van der Waals surface area contributed by atoms with Gasteiger partial charge in [0, 0.05) is 11.9 Å². The molecule has 26 heavy (non-hydrogen) atoms. The van der Waals surface area contributed by atoms with E-state index in [1.807, 2.05) is 19.9 Å². The Morgan fingerprint density at radius 1 is 1.15 bits per heavy atom. The van der Waals surface area contributed by atoms with Gasteiger partial charge >= 0.3 is 12.2 Å². The van der Waals surface area contributed by atoms with Gasteiger partial charge in [0.05, 0.1) is 5.75 Å². The molecule has 0 aliphatic heterocycles. The van der Waals surface area contributed by atoms with Crippen LogP contribution in [-0.4, -0.2) is 27.7 Å². The minimum Gasteiger partial charge on any atom is -0.308 e. The summed E-state index contributed by atoms with van der Waals surface area (Å²) < 4.78 is 37.7. The third-order valence-electron chi connectivity index (χ3n) is 3.27. The fraction of sp³-hybridized carbons (Fsp3) is 0.250. The minimum atomic E-state index is -4.59. The zero-order chi connectivity index (χ0) is 19.3. The van der Waals surface area contributed by atoms with Crippen molar-refractivity contribution >= 4 is 29.4 Å². The first-order chi connectivity index (χ1) is 12.1. The van der Waals surface area contributed by atoms with E-state index in [1.54, 1.807) is 12.1 Å². The highest BCUT2D eigenvalue weighted by molar-refractivity contribution is 7.99. The van der Waals surface area contributed by atoms with Crippen molar-refractivity contribution in [3.8, 4) is 0 Å². The summed E-state index contributed by atoms with van der Waals surface area (Å²) in [7, 11) is 0. The van der Waals surface area contributed by atoms with Gasteiger partial charge in [0.25, 0.3) is 0 Å². The smallest absolute Gasteiger partial charge is 0.308 e. The van der Waals surface area contributed by atoms with Crippen LogP contribution in [0.5, 0.6) is 0 Å². The molecule has 10 heteroatoms. The normalized spacial score (nSPS) is 11.1. The summed E-state index contributed by atoms with van der Waals surface area (Å²) in [5, 5.41) is 4.39. The van der Waals surface area contributed by atoms with Crippen LogP contribution in [0.3, 0.4) is 0 Å². The predicted molar refractivity (Wildman–Crippen MR) is 90.8 cm³/mol. The summed E-state index contributed by atoms with van der Waals surface area (Å²) in [6.45, 7) is 3.81. The molecule has 2 aromatic rings. The first kappa shape index (κ1) is 19.7. The van der Waals surface area contributed by atoms with Gasteiger partial charge in [-0.15, -0.1) is 0 Å². The number of aromatic nitrogens is 2. The van der Waals surface area contributed by atoms with E-state index in [4.69, 9.17) is 0 Å². The highest BCUT2D eigenvalue weighted by atomic mass is 32.2. The molecule has 1 aromatic heterocycles. The molecule has 0 saturated heterocycles. The number of hydrogen-bond acceptors (Lipinski definition) is 5. The van der Waals surface area contributed by atoms with Gasteiger partial charge in [-0.3, -0.25) is 10.1 Å². The average Bonchev–Trinajstić information content (AvgIpc) is 2.56. The zero-order valence-corrected chi connectivity index (χ0v) is 14.7. The quantitative estimate of drug-likeness (QED) is 0.622. The van der Waals surface area contributed by atoms with Crippen LogP contribution >= 0.6 is 11.8 Å². The largest absolute Gasteiger partial charge is 0.433 e. The van der Waals surface area contributed by atoms with Gasteiger partial charge in [0.15, 0.2) is 5.16 Å². The Labute approximate surface area is 151 Å². The van der Waals surface area contributed by atoms with Crippen LogP contribution in [0.4, 0.5) is 23.7 Å². The molecule has 2 N–H and O–H groups in total. The van der Waals surface area contributed by atoms with Crippen molar-refractivity contribution in [2.75, 3.05) is 11.1 Å². The number of benzene rings is 1. The molecule has 0 saturated carbocycles. The molecule has 1 aromatic carbocycles. The molecule has 0 unspecified atom stereocenters. The van der Waals surface area contributed by atoms with Gasteiger partial charge in [-0.1, -0.05) is 17.8 Å². The van der Waals surface area contributed by atoms with E-state index in [0.717, 1.165) is 23.4 Å². The first-order valence-corrected chi connectivity index (χ1v) is 8.35. The number of hydrogen-bond donors (Lipinski definition) is 2. The SMILES string of the molecule is Cc1ccc(NC(=O)NC(=O)CSc2nccc(C(F)(F)F)n2)cc1C. The second-order valence-corrected chi connectivity index (χ2v) is 6.25. The van der Waals surface area contributed by atoms with E-state index in [-0.39, 0.29) is 10.9 Å². The van der Waals surface area contributed by atoms with Crippen molar-refractivity contribution in [1.82, 2.24) is 15.3 Å². The lowest BCUT2D eigenvalue weighted by atomic mass is 10.1. The highest BCUT2D eigenvalue weighted by Gasteiger charge is 2.32. The van der Waals surface area contributed by atoms with Crippen LogP contribution in [0.1, 0.15) is 16.8 Å². The average molecular weight is 384 g/mol. The number of rotatable bonds is 4. The number of amides is 3. The molecule has 6 nitrogen and oxygen atoms in total. The molecule has 1 heterocycles. The van der Waals surface area contributed by atoms with Crippen LogP contribution in [0.15, 0.2) is 35.6 Å². The minimum absolute atomic E-state index is 0.204. The van der Waals surface area contributed by atoms with Crippen molar-refractivity contribution in [1.29, 1.82) is 0 Å². The number of imide groups is 1. The monoisotopic (exact) mass is 384 g/mol. The fourth-order valence-corrected chi connectivity index (χ4v) is 2.47. The lowest BCUT2D eigenvalue weighted by molar-refractivity contribution is -0.141. The van der Waals surface area contributed by atoms with Crippen LogP contribution in [-0.2, 0) is 11.0 Å². The van der Waals surface area contributed by atoms with Crippen LogP contribution in [0.25, 0.3) is 0 Å². The Balaban J connectivity index is 1.86. The molecule has 0 spiro atoms. The molecule has 0 bridgehead atoms. The van der Waals surface area contributed by atoms with Crippen molar-refractivity contribution in [2.45, 2.75) is 25.2 Å². The molecule has 138 valence electrons. The maximum atomic E-state index is 12.6. The van der Waals surface area contributed by atoms with E-state index in [2.05, 4.69) is 20.6 Å². The molecular formula is C16H15F3N4O2S. The van der Waals surface area contributed by atoms with Gasteiger partial charge in [0.1, 0.15) is 5.69 Å². The summed E-state index contributed by atoms with van der Waals surface area (Å²) in [4.78, 5) is 30.5. The second kappa shape index (κ2) is 8.17. The third kappa shape index (κ3) is 5.73. The number of halogens is 3. The van der Waals surface area contributed by atoms with Gasteiger partial charge in [-0.2, -0.15) is 13.2 Å². The van der Waals surface area contributed by atoms with Crippen molar-refractivity contribution in [2.24, 2.45) is 0 Å². The lowest BCUT2D eigenvalue weighted by Gasteiger charge is -2.09. The number of thioether (sulfide) groups is 1. The van der Waals surface area contributed by atoms with Crippen molar-refractivity contribution in [3.63, 3.8) is 0 Å². The number of alkyl halides is 3. The Morgan fingerprint density at radius 3 is 2.54 bits per heavy atom. The fourth-order valence-electron chi connectivity index (χ4n) is 1.84. The van der Waals surface area contributed by atoms with Crippen molar-refractivity contribution in [3.05, 3.63) is 47.3 Å². The predicted octanol–water partition coefficient (Wildman–Crippen LogP) is 3.55. The molecule has 2 rings (SSSR count). The summed E-state index contributed by atoms with van der Waals surface area (Å²) in [5.74, 6) is -0.987. The number of urea groups is 1. The maximum absolute atomic E-state index is 12.6. The standard InChI is InChI=1S/C16H15F3N4O2S/c1-9-3-4-11(7-10(9)2)21-14(25)23-13(24)8-26-15-20-6-5-12(22-15)16(17,18)19/h3-7H,8H2,1-2H3,(H2,21,23,24,25). The number of aryl methyl sites for hydroxylation is 2. The Bertz CT molecular complexity index is 827. The summed E-state index contributed by atoms with van der Waals surface area (Å²) in [6, 6.07) is 5.28. The third-order valence-corrected chi connectivity index (χ3v) is 4.14. The van der Waals surface area contributed by atoms with E-state index >= 15 is 0 Å². The van der Waals surface area contributed by atoms with Gasteiger partial charge < -0.3 is 5.32 Å². The summed E-state index contributed by atoms with van der Waals surface area (Å²) >= 11 is 0.697. The van der Waals surface area contributed by atoms with Crippen LogP contribution in [0, 0.1) is 13.8 Å². The Hall–Kier alpha value is -2.62. The molecule has 0 aliphatic carbocycles. The van der Waals surface area contributed by atoms with E-state index < -0.39 is 23.8 Å². The number of anilines is 1. The number of carbonyl (C=O) groups excluding carboxylic acids is 2. The lowest BCUT2D eigenvalue weighted by Crippen LogP contribution is -2.35. The maximum Gasteiger partial charge on any atom is 0.433 e. The number of nitrogens with zero attached hydrogens (tertiary/aromatic N) is 2. The van der Waals surface area contributed by atoms with Gasteiger partial charge in [0.2, 0.25) is 5.91 Å². The topological polar surface area (TPSA) is 84.0 Å².